The zero-order valence-corrected chi connectivity index (χ0v) is 8.40. The Bertz CT molecular complexity index is 421. The summed E-state index contributed by atoms with van der Waals surface area (Å²) in [6.07, 6.45) is 5.25. The molecule has 0 N–H and O–H groups in total. The Kier molecular flexibility index (Phi) is 4.17. The van der Waals surface area contributed by atoms with Gasteiger partial charge in [0.1, 0.15) is 5.76 Å². The molecule has 1 aromatic heterocycles. The quantitative estimate of drug-likeness (QED) is 0.431. The van der Waals surface area contributed by atoms with E-state index in [0.717, 1.165) is 24.8 Å². The highest BCUT2D eigenvalue weighted by Crippen LogP contribution is 2.11. The summed E-state index contributed by atoms with van der Waals surface area (Å²) >= 11 is 0. The van der Waals surface area contributed by atoms with Gasteiger partial charge in [0.15, 0.2) is 0 Å². The molecule has 0 fully saturated rings. The third-order valence-electron chi connectivity index (χ3n) is 1.74. The van der Waals surface area contributed by atoms with Gasteiger partial charge in [0.2, 0.25) is 6.20 Å². The SMILES string of the molecule is CC#CCCc1cc(/C=C/[N+](=O)[O-])co1. The van der Waals surface area contributed by atoms with Gasteiger partial charge in [0.25, 0.3) is 0 Å². The fourth-order valence-corrected chi connectivity index (χ4v) is 1.07. The molecule has 15 heavy (non-hydrogen) atoms. The Morgan fingerprint density at radius 1 is 1.67 bits per heavy atom. The zero-order chi connectivity index (χ0) is 11.1. The molecule has 0 unspecified atom stereocenters. The van der Waals surface area contributed by atoms with Gasteiger partial charge in [-0.2, -0.15) is 0 Å². The van der Waals surface area contributed by atoms with Crippen LogP contribution in [0.3, 0.4) is 0 Å². The first-order valence-electron chi connectivity index (χ1n) is 4.51. The van der Waals surface area contributed by atoms with E-state index in [-0.39, 0.29) is 0 Å². The van der Waals surface area contributed by atoms with E-state index in [2.05, 4.69) is 11.8 Å². The highest BCUT2D eigenvalue weighted by Gasteiger charge is 1.99. The summed E-state index contributed by atoms with van der Waals surface area (Å²) in [5, 5.41) is 10.1. The standard InChI is InChI=1S/C11H11NO3/c1-2-3-4-5-11-8-10(9-15-11)6-7-12(13)14/h6-9H,4-5H2,1H3/b7-6+. The van der Waals surface area contributed by atoms with Crippen LogP contribution in [0.2, 0.25) is 0 Å². The maximum absolute atomic E-state index is 10.1. The van der Waals surface area contributed by atoms with Crippen LogP contribution in [0.15, 0.2) is 22.9 Å². The van der Waals surface area contributed by atoms with E-state index in [0.29, 0.717) is 5.56 Å². The molecule has 1 aromatic rings. The van der Waals surface area contributed by atoms with E-state index < -0.39 is 4.92 Å². The fraction of sp³-hybridized carbons (Fsp3) is 0.273. The van der Waals surface area contributed by atoms with Crippen LogP contribution < -0.4 is 0 Å². The first-order valence-corrected chi connectivity index (χ1v) is 4.51. The highest BCUT2D eigenvalue weighted by atomic mass is 16.6. The highest BCUT2D eigenvalue weighted by molar-refractivity contribution is 5.46. The average Bonchev–Trinajstić information content (AvgIpc) is 2.63. The minimum absolute atomic E-state index is 0.505. The molecule has 78 valence electrons. The van der Waals surface area contributed by atoms with E-state index in [1.807, 2.05) is 0 Å². The van der Waals surface area contributed by atoms with E-state index in [1.165, 1.54) is 12.3 Å². The number of furan rings is 1. The Hall–Kier alpha value is -2.02. The molecule has 0 aliphatic rings. The first kappa shape index (κ1) is 11.1. The van der Waals surface area contributed by atoms with Gasteiger partial charge in [-0.15, -0.1) is 11.8 Å². The molecule has 0 aliphatic carbocycles. The van der Waals surface area contributed by atoms with Crippen LogP contribution in [0.5, 0.6) is 0 Å². The molecule has 0 aromatic carbocycles. The van der Waals surface area contributed by atoms with E-state index >= 15 is 0 Å². The number of hydrogen-bond acceptors (Lipinski definition) is 3. The lowest BCUT2D eigenvalue weighted by molar-refractivity contribution is -0.400. The Morgan fingerprint density at radius 3 is 3.13 bits per heavy atom. The summed E-state index contributed by atoms with van der Waals surface area (Å²) in [6, 6.07) is 1.78. The topological polar surface area (TPSA) is 56.3 Å². The van der Waals surface area contributed by atoms with Gasteiger partial charge in [-0.25, -0.2) is 0 Å². The monoisotopic (exact) mass is 205 g/mol. The predicted octanol–water partition coefficient (Wildman–Crippen LogP) is 2.48. The molecule has 0 spiro atoms. The van der Waals surface area contributed by atoms with Crippen molar-refractivity contribution in [2.75, 3.05) is 0 Å². The molecule has 0 saturated carbocycles. The molecule has 0 bridgehead atoms. The molecular formula is C11H11NO3. The fourth-order valence-electron chi connectivity index (χ4n) is 1.07. The minimum atomic E-state index is -0.505. The predicted molar refractivity (Wildman–Crippen MR) is 56.5 cm³/mol. The molecule has 1 rings (SSSR count). The van der Waals surface area contributed by atoms with Gasteiger partial charge >= 0.3 is 0 Å². The number of aryl methyl sites for hydroxylation is 1. The van der Waals surface area contributed by atoms with Crippen molar-refractivity contribution in [3.63, 3.8) is 0 Å². The van der Waals surface area contributed by atoms with Gasteiger partial charge in [-0.3, -0.25) is 10.1 Å². The van der Waals surface area contributed by atoms with Crippen molar-refractivity contribution >= 4 is 6.08 Å². The summed E-state index contributed by atoms with van der Waals surface area (Å²) in [4.78, 5) is 9.56. The normalized spacial score (nSPS) is 9.93. The minimum Gasteiger partial charge on any atom is -0.469 e. The molecule has 0 radical (unpaired) electrons. The van der Waals surface area contributed by atoms with Crippen LogP contribution in [0.25, 0.3) is 6.08 Å². The van der Waals surface area contributed by atoms with Crippen molar-refractivity contribution in [1.82, 2.24) is 0 Å². The van der Waals surface area contributed by atoms with Gasteiger partial charge in [0.05, 0.1) is 11.2 Å². The number of hydrogen-bond donors (Lipinski definition) is 0. The van der Waals surface area contributed by atoms with Crippen molar-refractivity contribution in [2.45, 2.75) is 19.8 Å². The van der Waals surface area contributed by atoms with Crippen molar-refractivity contribution in [3.8, 4) is 11.8 Å². The van der Waals surface area contributed by atoms with Crippen LogP contribution in [0.4, 0.5) is 0 Å². The lowest BCUT2D eigenvalue weighted by atomic mass is 10.2. The van der Waals surface area contributed by atoms with E-state index in [4.69, 9.17) is 4.42 Å². The molecule has 0 amide bonds. The lowest BCUT2D eigenvalue weighted by Crippen LogP contribution is -1.81. The van der Waals surface area contributed by atoms with Gasteiger partial charge < -0.3 is 4.42 Å². The molecule has 0 aliphatic heterocycles. The zero-order valence-electron chi connectivity index (χ0n) is 8.40. The summed E-state index contributed by atoms with van der Waals surface area (Å²) in [6.45, 7) is 1.79. The largest absolute Gasteiger partial charge is 0.469 e. The van der Waals surface area contributed by atoms with Crippen molar-refractivity contribution in [1.29, 1.82) is 0 Å². The van der Waals surface area contributed by atoms with Crippen LogP contribution >= 0.6 is 0 Å². The number of rotatable bonds is 4. The second-order valence-corrected chi connectivity index (χ2v) is 2.87. The lowest BCUT2D eigenvalue weighted by Gasteiger charge is -1.86. The molecule has 0 saturated heterocycles. The van der Waals surface area contributed by atoms with E-state index in [1.54, 1.807) is 13.0 Å². The summed E-state index contributed by atoms with van der Waals surface area (Å²) in [7, 11) is 0. The third-order valence-corrected chi connectivity index (χ3v) is 1.74. The van der Waals surface area contributed by atoms with Crippen LogP contribution in [0.1, 0.15) is 24.7 Å². The van der Waals surface area contributed by atoms with Gasteiger partial charge in [-0.05, 0) is 13.0 Å². The summed E-state index contributed by atoms with van der Waals surface area (Å²) in [5.74, 6) is 6.50. The van der Waals surface area contributed by atoms with Crippen molar-refractivity contribution < 1.29 is 9.34 Å². The second-order valence-electron chi connectivity index (χ2n) is 2.87. The Labute approximate surface area is 87.7 Å². The second kappa shape index (κ2) is 5.66. The summed E-state index contributed by atoms with van der Waals surface area (Å²) in [5.41, 5.74) is 0.700. The summed E-state index contributed by atoms with van der Waals surface area (Å²) < 4.78 is 5.20. The number of nitro groups is 1. The van der Waals surface area contributed by atoms with Crippen LogP contribution in [-0.4, -0.2) is 4.92 Å². The van der Waals surface area contributed by atoms with E-state index in [9.17, 15) is 10.1 Å². The van der Waals surface area contributed by atoms with Gasteiger partial charge in [-0.1, -0.05) is 0 Å². The molecule has 4 nitrogen and oxygen atoms in total. The van der Waals surface area contributed by atoms with Gasteiger partial charge in [0, 0.05) is 24.5 Å². The first-order chi connectivity index (χ1) is 7.22. The number of nitrogens with zero attached hydrogens (tertiary/aromatic N) is 1. The maximum Gasteiger partial charge on any atom is 0.235 e. The van der Waals surface area contributed by atoms with Crippen molar-refractivity contribution in [3.05, 3.63) is 40.0 Å². The molecular weight excluding hydrogens is 194 g/mol. The van der Waals surface area contributed by atoms with Crippen molar-refractivity contribution in [2.24, 2.45) is 0 Å². The molecule has 1 heterocycles. The molecule has 0 atom stereocenters. The van der Waals surface area contributed by atoms with Crippen LogP contribution in [0, 0.1) is 22.0 Å². The average molecular weight is 205 g/mol. The Balaban J connectivity index is 2.55. The maximum atomic E-state index is 10.1. The third kappa shape index (κ3) is 4.14. The Morgan fingerprint density at radius 2 is 2.47 bits per heavy atom. The smallest absolute Gasteiger partial charge is 0.235 e. The van der Waals surface area contributed by atoms with Crippen LogP contribution in [-0.2, 0) is 6.42 Å². The molecule has 4 heteroatoms.